The molecule has 1 amide bonds. The first-order valence-electron chi connectivity index (χ1n) is 11.2. The van der Waals surface area contributed by atoms with Crippen LogP contribution in [-0.4, -0.2) is 63.7 Å². The number of fused-ring (bicyclic) bond motifs is 1. The molecule has 0 bridgehead atoms. The van der Waals surface area contributed by atoms with Crippen LogP contribution in [0.1, 0.15) is 16.8 Å². The Labute approximate surface area is 206 Å². The van der Waals surface area contributed by atoms with E-state index >= 15 is 0 Å². The van der Waals surface area contributed by atoms with Gasteiger partial charge in [0.1, 0.15) is 11.5 Å². The number of aryl methyl sites for hydroxylation is 1. The number of methoxy groups -OCH3 is 1. The molecule has 0 unspecified atom stereocenters. The van der Waals surface area contributed by atoms with Crippen LogP contribution in [0.5, 0.6) is 0 Å². The second-order valence-electron chi connectivity index (χ2n) is 8.25. The van der Waals surface area contributed by atoms with Crippen molar-refractivity contribution >= 4 is 18.2 Å². The number of hydrogen-bond acceptors (Lipinski definition) is 8. The lowest BCUT2D eigenvalue weighted by Crippen LogP contribution is -2.50. The fourth-order valence-electron chi connectivity index (χ4n) is 4.00. The highest BCUT2D eigenvalue weighted by Crippen LogP contribution is 2.27. The number of carbonyl (C=O) groups excluding carboxylic acids is 1. The number of carbonyl (C=O) groups is 1. The van der Waals surface area contributed by atoms with Crippen LogP contribution in [0.25, 0.3) is 11.4 Å². The van der Waals surface area contributed by atoms with Crippen molar-refractivity contribution in [3.8, 4) is 11.4 Å². The van der Waals surface area contributed by atoms with E-state index in [2.05, 4.69) is 25.7 Å². The Hall–Kier alpha value is -4.19. The van der Waals surface area contributed by atoms with Crippen molar-refractivity contribution in [2.75, 3.05) is 26.1 Å². The number of rotatable bonds is 9. The van der Waals surface area contributed by atoms with E-state index in [0.29, 0.717) is 40.8 Å². The summed E-state index contributed by atoms with van der Waals surface area (Å²) in [6.07, 6.45) is 4.75. The van der Waals surface area contributed by atoms with E-state index in [9.17, 15) is 13.6 Å². The third-order valence-corrected chi connectivity index (χ3v) is 5.77. The molecule has 1 aromatic carbocycles. The number of anilines is 1. The van der Waals surface area contributed by atoms with Crippen LogP contribution in [0, 0.1) is 24.0 Å². The SMILES string of the molecule is CN/C(=C\C=N)Nc1ncc(C)c(-c2cc3n(n2)C(=O)N(Cc2ccc(F)c(F)c2)[C@@H](COC)C3)n1. The fourth-order valence-corrected chi connectivity index (χ4v) is 4.00. The summed E-state index contributed by atoms with van der Waals surface area (Å²) < 4.78 is 33.8. The second kappa shape index (κ2) is 10.6. The van der Waals surface area contributed by atoms with Gasteiger partial charge in [0.25, 0.3) is 0 Å². The predicted molar refractivity (Wildman–Crippen MR) is 130 cm³/mol. The lowest BCUT2D eigenvalue weighted by atomic mass is 10.1. The molecular formula is C24H26F2N8O2. The Morgan fingerprint density at radius 1 is 1.31 bits per heavy atom. The average molecular weight is 497 g/mol. The third kappa shape index (κ3) is 5.08. The lowest BCUT2D eigenvalue weighted by molar-refractivity contribution is 0.0895. The van der Waals surface area contributed by atoms with Gasteiger partial charge in [0.2, 0.25) is 5.95 Å². The number of aromatic nitrogens is 4. The Morgan fingerprint density at radius 2 is 2.11 bits per heavy atom. The monoisotopic (exact) mass is 496 g/mol. The van der Waals surface area contributed by atoms with E-state index in [-0.39, 0.29) is 19.2 Å². The van der Waals surface area contributed by atoms with Gasteiger partial charge in [-0.3, -0.25) is 0 Å². The number of nitrogens with zero attached hydrogens (tertiary/aromatic N) is 5. The van der Waals surface area contributed by atoms with Gasteiger partial charge in [-0.1, -0.05) is 6.07 Å². The summed E-state index contributed by atoms with van der Waals surface area (Å²) in [6, 6.07) is 4.67. The molecule has 3 aromatic rings. The molecule has 3 N–H and O–H groups in total. The largest absolute Gasteiger partial charge is 0.383 e. The van der Waals surface area contributed by atoms with Crippen molar-refractivity contribution in [3.63, 3.8) is 0 Å². The Balaban J connectivity index is 1.66. The van der Waals surface area contributed by atoms with E-state index < -0.39 is 17.7 Å². The summed E-state index contributed by atoms with van der Waals surface area (Å²) in [5.74, 6) is -1.08. The quantitative estimate of drug-likeness (QED) is 0.389. The molecule has 10 nitrogen and oxygen atoms in total. The molecule has 0 saturated heterocycles. The molecule has 1 atom stereocenters. The molecule has 3 heterocycles. The van der Waals surface area contributed by atoms with Crippen molar-refractivity contribution in [1.82, 2.24) is 30.0 Å². The van der Waals surface area contributed by atoms with Crippen LogP contribution < -0.4 is 10.6 Å². The van der Waals surface area contributed by atoms with Crippen LogP contribution in [0.3, 0.4) is 0 Å². The number of ether oxygens (including phenoxy) is 1. The highest BCUT2D eigenvalue weighted by molar-refractivity contribution is 5.80. The van der Waals surface area contributed by atoms with Crippen LogP contribution in [-0.2, 0) is 17.7 Å². The number of benzene rings is 1. The molecule has 0 radical (unpaired) electrons. The molecular weight excluding hydrogens is 470 g/mol. The summed E-state index contributed by atoms with van der Waals surface area (Å²) in [7, 11) is 3.25. The van der Waals surface area contributed by atoms with Crippen LogP contribution in [0.4, 0.5) is 19.5 Å². The van der Waals surface area contributed by atoms with Crippen molar-refractivity contribution in [2.45, 2.75) is 25.9 Å². The summed E-state index contributed by atoms with van der Waals surface area (Å²) >= 11 is 0. The molecule has 12 heteroatoms. The second-order valence-corrected chi connectivity index (χ2v) is 8.25. The fraction of sp³-hybridized carbons (Fsp3) is 0.292. The van der Waals surface area contributed by atoms with Crippen molar-refractivity contribution in [2.24, 2.45) is 0 Å². The van der Waals surface area contributed by atoms with Crippen LogP contribution in [0.2, 0.25) is 0 Å². The minimum atomic E-state index is -0.970. The lowest BCUT2D eigenvalue weighted by Gasteiger charge is -2.35. The zero-order valence-electron chi connectivity index (χ0n) is 20.0. The van der Waals surface area contributed by atoms with Gasteiger partial charge in [-0.2, -0.15) is 9.78 Å². The van der Waals surface area contributed by atoms with Crippen molar-refractivity contribution in [3.05, 3.63) is 70.8 Å². The summed E-state index contributed by atoms with van der Waals surface area (Å²) in [4.78, 5) is 23.8. The minimum absolute atomic E-state index is 0.0748. The molecule has 0 aliphatic carbocycles. The van der Waals surface area contributed by atoms with Gasteiger partial charge in [0.15, 0.2) is 11.6 Å². The minimum Gasteiger partial charge on any atom is -0.383 e. The summed E-state index contributed by atoms with van der Waals surface area (Å²) in [5, 5.41) is 17.7. The molecule has 2 aromatic heterocycles. The molecule has 0 spiro atoms. The maximum Gasteiger partial charge on any atom is 0.345 e. The van der Waals surface area contributed by atoms with Crippen LogP contribution >= 0.6 is 0 Å². The normalized spacial score (nSPS) is 15.6. The van der Waals surface area contributed by atoms with E-state index in [4.69, 9.17) is 10.1 Å². The molecule has 4 rings (SSSR count). The average Bonchev–Trinajstić information content (AvgIpc) is 3.29. The zero-order chi connectivity index (χ0) is 25.8. The van der Waals surface area contributed by atoms with Crippen molar-refractivity contribution in [1.29, 1.82) is 5.41 Å². The van der Waals surface area contributed by atoms with Gasteiger partial charge in [-0.15, -0.1) is 0 Å². The summed E-state index contributed by atoms with van der Waals surface area (Å²) in [5.41, 5.74) is 2.94. The Morgan fingerprint density at radius 3 is 2.81 bits per heavy atom. The number of halogens is 2. The van der Waals surface area contributed by atoms with Gasteiger partial charge in [0, 0.05) is 39.5 Å². The molecule has 188 valence electrons. The zero-order valence-corrected chi connectivity index (χ0v) is 20.0. The number of allylic oxidation sites excluding steroid dienone is 1. The van der Waals surface area contributed by atoms with Gasteiger partial charge in [-0.25, -0.2) is 23.5 Å². The summed E-state index contributed by atoms with van der Waals surface area (Å²) in [6.45, 7) is 2.18. The Bertz CT molecular complexity index is 1320. The first-order chi connectivity index (χ1) is 17.3. The third-order valence-electron chi connectivity index (χ3n) is 5.77. The smallest absolute Gasteiger partial charge is 0.345 e. The van der Waals surface area contributed by atoms with Crippen LogP contribution in [0.15, 0.2) is 42.4 Å². The van der Waals surface area contributed by atoms with Gasteiger partial charge < -0.3 is 25.7 Å². The van der Waals surface area contributed by atoms with E-state index in [1.165, 1.54) is 16.8 Å². The maximum absolute atomic E-state index is 13.8. The highest BCUT2D eigenvalue weighted by atomic mass is 19.2. The molecule has 0 saturated carbocycles. The molecule has 0 fully saturated rings. The van der Waals surface area contributed by atoms with E-state index in [0.717, 1.165) is 23.9 Å². The molecule has 36 heavy (non-hydrogen) atoms. The highest BCUT2D eigenvalue weighted by Gasteiger charge is 2.34. The number of nitrogens with one attached hydrogen (secondary N) is 3. The number of hydrogen-bond donors (Lipinski definition) is 3. The van der Waals surface area contributed by atoms with Gasteiger partial charge in [0.05, 0.1) is 24.0 Å². The topological polar surface area (TPSA) is 121 Å². The Kier molecular flexibility index (Phi) is 7.34. The standard InChI is InChI=1S/C24H26F2N8O2/c1-14-11-29-23(30-21(28-2)6-7-27)31-22(14)20-10-16-9-17(13-36-3)33(24(35)34(16)32-20)12-15-4-5-18(25)19(26)8-15/h4-8,10-11,17,27-28H,9,12-13H2,1-3H3,(H,29,30,31)/b21-6+,27-7?/t17-/m1/s1. The van der Waals surface area contributed by atoms with Gasteiger partial charge in [-0.05, 0) is 42.3 Å². The van der Waals surface area contributed by atoms with E-state index in [1.807, 2.05) is 6.92 Å². The number of amides is 1. The maximum atomic E-state index is 13.8. The van der Waals surface area contributed by atoms with Gasteiger partial charge >= 0.3 is 6.03 Å². The van der Waals surface area contributed by atoms with E-state index in [1.54, 1.807) is 31.3 Å². The van der Waals surface area contributed by atoms with Crippen molar-refractivity contribution < 1.29 is 18.3 Å². The first-order valence-corrected chi connectivity index (χ1v) is 11.2. The molecule has 1 aliphatic heterocycles. The first kappa shape index (κ1) is 24.9. The molecule has 1 aliphatic rings. The predicted octanol–water partition coefficient (Wildman–Crippen LogP) is 3.09.